The third kappa shape index (κ3) is 5.12. The summed E-state index contributed by atoms with van der Waals surface area (Å²) in [6, 6.07) is 6.32. The summed E-state index contributed by atoms with van der Waals surface area (Å²) in [4.78, 5) is 17.2. The molecule has 2 bridgehead atoms. The van der Waals surface area contributed by atoms with Gasteiger partial charge in [0.2, 0.25) is 6.79 Å². The fourth-order valence-electron chi connectivity index (χ4n) is 8.20. The second-order valence-electron chi connectivity index (χ2n) is 12.9. The van der Waals surface area contributed by atoms with Crippen LogP contribution in [0.2, 0.25) is 0 Å². The number of nitrogens with zero attached hydrogens (tertiary/aromatic N) is 3. The van der Waals surface area contributed by atoms with Crippen molar-refractivity contribution in [1.29, 1.82) is 5.26 Å². The largest absolute Gasteiger partial charge is 0.507 e. The van der Waals surface area contributed by atoms with E-state index < -0.39 is 41.9 Å². The number of benzene rings is 3. The number of ether oxygens (including phenoxy) is 4. The molecule has 4 heterocycles. The normalized spacial score (nSPS) is 24.2. The molecule has 0 saturated carbocycles. The van der Waals surface area contributed by atoms with Crippen LogP contribution in [0.1, 0.15) is 56.6 Å². The van der Waals surface area contributed by atoms with Gasteiger partial charge in [-0.05, 0) is 68.6 Å². The van der Waals surface area contributed by atoms with Crippen LogP contribution in [0, 0.1) is 25.2 Å². The van der Waals surface area contributed by atoms with Gasteiger partial charge in [0, 0.05) is 40.4 Å². The molecule has 1 unspecified atom stereocenters. The summed E-state index contributed by atoms with van der Waals surface area (Å²) < 4.78 is 62.7. The number of hydrogen-bond donors (Lipinski definition) is 2. The Hall–Kier alpha value is -4.93. The zero-order chi connectivity index (χ0) is 34.9. The Bertz CT molecular complexity index is 1940. The first-order valence-electron chi connectivity index (χ1n) is 15.8. The number of aryl methyl sites for hydroxylation is 1. The molecular formula is C36H34F3N3O7. The van der Waals surface area contributed by atoms with Gasteiger partial charge in [0.25, 0.3) is 0 Å². The van der Waals surface area contributed by atoms with E-state index in [1.54, 1.807) is 6.92 Å². The van der Waals surface area contributed by atoms with Crippen LogP contribution in [0.3, 0.4) is 0 Å². The Kier molecular flexibility index (Phi) is 7.91. The number of hydrogen-bond acceptors (Lipinski definition) is 10. The van der Waals surface area contributed by atoms with Gasteiger partial charge in [-0.25, -0.2) is 4.79 Å². The molecule has 256 valence electrons. The van der Waals surface area contributed by atoms with E-state index in [0.717, 1.165) is 29.3 Å². The van der Waals surface area contributed by atoms with Crippen LogP contribution in [0.15, 0.2) is 36.4 Å². The monoisotopic (exact) mass is 677 g/mol. The Labute approximate surface area is 280 Å². The molecule has 49 heavy (non-hydrogen) atoms. The van der Waals surface area contributed by atoms with Gasteiger partial charge in [0.05, 0.1) is 30.8 Å². The third-order valence-corrected chi connectivity index (χ3v) is 10.3. The minimum absolute atomic E-state index is 0.000283. The second-order valence-corrected chi connectivity index (χ2v) is 12.9. The van der Waals surface area contributed by atoms with Gasteiger partial charge < -0.3 is 29.2 Å². The number of nitriles is 1. The Balaban J connectivity index is 1.31. The van der Waals surface area contributed by atoms with Crippen LogP contribution in [-0.2, 0) is 28.5 Å². The maximum Gasteiger partial charge on any atom is 0.416 e. The Morgan fingerprint density at radius 3 is 2.57 bits per heavy atom. The molecule has 0 radical (unpaired) electrons. The minimum atomic E-state index is -4.54. The average molecular weight is 678 g/mol. The fraction of sp³-hybridized carbons (Fsp3) is 0.389. The SMILES string of the molecule is COc1c(C)cc2c(c1O)[C@@H]1C3Cc4c(O)c(C)c5c(c4[C@H](COC(=O)/C=C/c4cccc(C(F)(F)F)c4)N3[C@@H](C#N)[C@H](C2)N1C)OCO5. The number of carbonyl (C=O) groups is 1. The Morgan fingerprint density at radius 1 is 1.10 bits per heavy atom. The summed E-state index contributed by atoms with van der Waals surface area (Å²) in [6.07, 6.45) is -1.51. The zero-order valence-corrected chi connectivity index (χ0v) is 27.2. The number of carbonyl (C=O) groups excluding carboxylic acids is 1. The summed E-state index contributed by atoms with van der Waals surface area (Å²) in [5.41, 5.74) is 3.25. The van der Waals surface area contributed by atoms with Crippen molar-refractivity contribution in [1.82, 2.24) is 9.80 Å². The highest BCUT2D eigenvalue weighted by Gasteiger charge is 2.57. The van der Waals surface area contributed by atoms with Crippen molar-refractivity contribution in [3.63, 3.8) is 0 Å². The number of esters is 1. The van der Waals surface area contributed by atoms with Crippen LogP contribution >= 0.6 is 0 Å². The van der Waals surface area contributed by atoms with Gasteiger partial charge in [-0.15, -0.1) is 0 Å². The molecular weight excluding hydrogens is 643 g/mol. The van der Waals surface area contributed by atoms with Crippen LogP contribution in [0.5, 0.6) is 28.7 Å². The highest BCUT2D eigenvalue weighted by atomic mass is 19.4. The van der Waals surface area contributed by atoms with Crippen molar-refractivity contribution >= 4 is 12.0 Å². The molecule has 3 aromatic rings. The number of phenolic OH excluding ortho intramolecular Hbond substituents is 2. The summed E-state index contributed by atoms with van der Waals surface area (Å²) >= 11 is 0. The van der Waals surface area contributed by atoms with Gasteiger partial charge in [-0.2, -0.15) is 18.4 Å². The summed E-state index contributed by atoms with van der Waals surface area (Å²) in [6.45, 7) is 3.22. The first-order chi connectivity index (χ1) is 23.3. The quantitative estimate of drug-likeness (QED) is 0.264. The van der Waals surface area contributed by atoms with Crippen molar-refractivity contribution in [2.45, 2.75) is 63.1 Å². The highest BCUT2D eigenvalue weighted by Crippen LogP contribution is 2.58. The molecule has 1 saturated heterocycles. The number of fused-ring (bicyclic) bond motifs is 9. The standard InChI is InChI=1S/C36H34F3N3O7/c1-17-10-20-12-23-25(14-40)42-24(30(41(23)3)28(20)32(45)33(17)46-4)13-22-29(35-34(48-16-49-35)18(2)31(22)44)26(42)15-47-27(43)9-8-19-6-5-7-21(11-19)36(37,38)39/h5-11,23-26,30,44-45H,12-13,15-16H2,1-4H3/b9-8+/t23-,24?,25-,26-,30-/m0/s1. The molecule has 1 fully saturated rings. The molecule has 0 aromatic heterocycles. The number of phenols is 2. The molecule has 4 aliphatic rings. The Morgan fingerprint density at radius 2 is 1.86 bits per heavy atom. The molecule has 10 nitrogen and oxygen atoms in total. The first-order valence-corrected chi connectivity index (χ1v) is 15.8. The maximum absolute atomic E-state index is 13.2. The summed E-state index contributed by atoms with van der Waals surface area (Å²) in [5, 5.41) is 33.9. The van der Waals surface area contributed by atoms with Crippen LogP contribution in [-0.4, -0.2) is 71.7 Å². The fourth-order valence-corrected chi connectivity index (χ4v) is 8.20. The summed E-state index contributed by atoms with van der Waals surface area (Å²) in [5.74, 6) is 0.322. The van der Waals surface area contributed by atoms with Gasteiger partial charge in [-0.1, -0.05) is 18.2 Å². The van der Waals surface area contributed by atoms with Crippen LogP contribution in [0.4, 0.5) is 13.2 Å². The van der Waals surface area contributed by atoms with E-state index in [0.29, 0.717) is 45.9 Å². The van der Waals surface area contributed by atoms with Crippen molar-refractivity contribution in [2.24, 2.45) is 0 Å². The van der Waals surface area contributed by atoms with E-state index in [2.05, 4.69) is 11.0 Å². The van der Waals surface area contributed by atoms with Crippen molar-refractivity contribution in [3.8, 4) is 34.8 Å². The number of methoxy groups -OCH3 is 1. The van der Waals surface area contributed by atoms with Crippen molar-refractivity contribution < 1.29 is 47.1 Å². The number of piperazine rings is 1. The van der Waals surface area contributed by atoms with Gasteiger partial charge >= 0.3 is 12.1 Å². The molecule has 2 N–H and O–H groups in total. The predicted molar refractivity (Wildman–Crippen MR) is 169 cm³/mol. The molecule has 4 aliphatic heterocycles. The van der Waals surface area contributed by atoms with Gasteiger partial charge in [0.15, 0.2) is 23.0 Å². The number of aromatic hydroxyl groups is 2. The smallest absolute Gasteiger partial charge is 0.416 e. The van der Waals surface area contributed by atoms with Crippen molar-refractivity contribution in [2.75, 3.05) is 27.6 Å². The number of likely N-dealkylation sites (N-methyl/N-ethyl adjacent to an activating group) is 1. The van der Waals surface area contributed by atoms with E-state index in [4.69, 9.17) is 18.9 Å². The predicted octanol–water partition coefficient (Wildman–Crippen LogP) is 5.50. The van der Waals surface area contributed by atoms with E-state index in [9.17, 15) is 33.4 Å². The van der Waals surface area contributed by atoms with E-state index >= 15 is 0 Å². The molecule has 0 amide bonds. The number of alkyl halides is 3. The molecule has 3 aromatic carbocycles. The minimum Gasteiger partial charge on any atom is -0.507 e. The molecule has 13 heteroatoms. The van der Waals surface area contributed by atoms with E-state index in [1.165, 1.54) is 25.3 Å². The van der Waals surface area contributed by atoms with E-state index in [-0.39, 0.29) is 42.9 Å². The molecule has 0 aliphatic carbocycles. The van der Waals surface area contributed by atoms with Crippen LogP contribution < -0.4 is 14.2 Å². The zero-order valence-electron chi connectivity index (χ0n) is 27.2. The molecule has 0 spiro atoms. The lowest BCUT2D eigenvalue weighted by atomic mass is 9.71. The number of rotatable bonds is 5. The second kappa shape index (κ2) is 11.9. The van der Waals surface area contributed by atoms with Gasteiger partial charge in [0.1, 0.15) is 18.4 Å². The molecule has 5 atom stereocenters. The van der Waals surface area contributed by atoms with Crippen molar-refractivity contribution in [3.05, 3.63) is 80.9 Å². The number of halogens is 3. The van der Waals surface area contributed by atoms with Crippen LogP contribution in [0.25, 0.3) is 6.08 Å². The lowest BCUT2D eigenvalue weighted by Gasteiger charge is -2.59. The topological polar surface area (TPSA) is 125 Å². The molecule has 7 rings (SSSR count). The lowest BCUT2D eigenvalue weighted by molar-refractivity contribution is -0.143. The third-order valence-electron chi connectivity index (χ3n) is 10.3. The lowest BCUT2D eigenvalue weighted by Crippen LogP contribution is -2.68. The highest BCUT2D eigenvalue weighted by molar-refractivity contribution is 5.87. The summed E-state index contributed by atoms with van der Waals surface area (Å²) in [7, 11) is 3.41. The van der Waals surface area contributed by atoms with Gasteiger partial charge in [-0.3, -0.25) is 9.80 Å². The average Bonchev–Trinajstić information content (AvgIpc) is 3.55. The maximum atomic E-state index is 13.2. The van der Waals surface area contributed by atoms with E-state index in [1.807, 2.05) is 24.9 Å². The first kappa shape index (κ1) is 32.6.